The van der Waals surface area contributed by atoms with Crippen LogP contribution >= 0.6 is 11.6 Å². The Bertz CT molecular complexity index is 1540. The zero-order valence-electron chi connectivity index (χ0n) is 19.6. The van der Waals surface area contributed by atoms with Crippen molar-refractivity contribution in [1.29, 1.82) is 0 Å². The van der Waals surface area contributed by atoms with Crippen molar-refractivity contribution in [3.05, 3.63) is 119 Å². The van der Waals surface area contributed by atoms with Crippen molar-refractivity contribution in [2.24, 2.45) is 0 Å². The summed E-state index contributed by atoms with van der Waals surface area (Å²) < 4.78 is 31.7. The lowest BCUT2D eigenvalue weighted by Crippen LogP contribution is -2.09. The second-order valence-electron chi connectivity index (χ2n) is 8.03. The highest BCUT2D eigenvalue weighted by Gasteiger charge is 2.16. The minimum atomic E-state index is -3.92. The topological polar surface area (TPSA) is 78.3 Å². The van der Waals surface area contributed by atoms with Crippen LogP contribution in [0.5, 0.6) is 5.75 Å². The molecule has 0 aliphatic rings. The molecule has 0 aliphatic heterocycles. The van der Waals surface area contributed by atoms with Gasteiger partial charge in [0, 0.05) is 5.56 Å². The van der Waals surface area contributed by atoms with Crippen LogP contribution in [0.2, 0.25) is 5.15 Å². The van der Waals surface area contributed by atoms with E-state index in [9.17, 15) is 13.2 Å². The van der Waals surface area contributed by atoms with Crippen LogP contribution in [-0.2, 0) is 14.9 Å². The van der Waals surface area contributed by atoms with Gasteiger partial charge in [-0.25, -0.2) is 4.68 Å². The van der Waals surface area contributed by atoms with Gasteiger partial charge in [0.1, 0.15) is 15.8 Å². The van der Waals surface area contributed by atoms with Gasteiger partial charge >= 0.3 is 10.1 Å². The molecule has 0 amide bonds. The average molecular weight is 519 g/mol. The lowest BCUT2D eigenvalue weighted by Gasteiger charge is -2.07. The van der Waals surface area contributed by atoms with Crippen LogP contribution in [0.3, 0.4) is 0 Å². The van der Waals surface area contributed by atoms with Gasteiger partial charge in [0.05, 0.1) is 11.4 Å². The Morgan fingerprint density at radius 1 is 0.889 bits per heavy atom. The van der Waals surface area contributed by atoms with E-state index >= 15 is 0 Å². The first kappa shape index (κ1) is 25.2. The Balaban J connectivity index is 1.41. The van der Waals surface area contributed by atoms with Crippen LogP contribution in [0.1, 0.15) is 22.4 Å². The molecule has 0 bridgehead atoms. The van der Waals surface area contributed by atoms with Crippen molar-refractivity contribution in [3.8, 4) is 11.4 Å². The van der Waals surface area contributed by atoms with Crippen LogP contribution in [0.25, 0.3) is 17.8 Å². The number of aromatic nitrogens is 2. The maximum absolute atomic E-state index is 12.4. The van der Waals surface area contributed by atoms with Crippen molar-refractivity contribution < 1.29 is 17.4 Å². The summed E-state index contributed by atoms with van der Waals surface area (Å²) in [5.74, 6) is -0.0558. The van der Waals surface area contributed by atoms with Gasteiger partial charge < -0.3 is 4.18 Å². The lowest BCUT2D eigenvalue weighted by molar-refractivity contribution is -0.110. The van der Waals surface area contributed by atoms with Gasteiger partial charge in [-0.15, -0.1) is 0 Å². The van der Waals surface area contributed by atoms with E-state index in [-0.39, 0.29) is 16.4 Å². The Hall–Kier alpha value is -3.94. The number of hydrogen-bond donors (Lipinski definition) is 0. The summed E-state index contributed by atoms with van der Waals surface area (Å²) in [6.45, 7) is 3.70. The zero-order chi connectivity index (χ0) is 25.7. The number of aryl methyl sites for hydroxylation is 2. The first-order valence-electron chi connectivity index (χ1n) is 11.0. The Labute approximate surface area is 215 Å². The van der Waals surface area contributed by atoms with Crippen molar-refractivity contribution in [2.45, 2.75) is 18.7 Å². The Morgan fingerprint density at radius 3 is 2.19 bits per heavy atom. The van der Waals surface area contributed by atoms with E-state index in [1.807, 2.05) is 44.2 Å². The smallest absolute Gasteiger partial charge is 0.339 e. The lowest BCUT2D eigenvalue weighted by atomic mass is 10.1. The summed E-state index contributed by atoms with van der Waals surface area (Å²) in [5, 5.41) is 4.88. The number of halogens is 1. The molecule has 4 rings (SSSR count). The minimum absolute atomic E-state index is 0.0825. The van der Waals surface area contributed by atoms with Crippen molar-refractivity contribution in [1.82, 2.24) is 9.78 Å². The van der Waals surface area contributed by atoms with E-state index in [4.69, 9.17) is 15.8 Å². The number of rotatable bonds is 8. The number of carbonyl (C=O) groups excluding carboxylic acids is 1. The van der Waals surface area contributed by atoms with Gasteiger partial charge in [0.25, 0.3) is 0 Å². The van der Waals surface area contributed by atoms with E-state index < -0.39 is 10.1 Å². The molecule has 8 heteroatoms. The normalized spacial score (nSPS) is 11.9. The molecule has 0 N–H and O–H groups in total. The molecule has 0 aliphatic carbocycles. The number of benzene rings is 3. The number of para-hydroxylation sites is 1. The zero-order valence-corrected chi connectivity index (χ0v) is 21.2. The van der Waals surface area contributed by atoms with E-state index in [0.29, 0.717) is 22.0 Å². The van der Waals surface area contributed by atoms with Crippen LogP contribution in [0.4, 0.5) is 0 Å². The molecule has 0 fully saturated rings. The quantitative estimate of drug-likeness (QED) is 0.205. The largest absolute Gasteiger partial charge is 0.379 e. The number of ketones is 1. The first-order valence-corrected chi connectivity index (χ1v) is 12.8. The molecule has 0 saturated carbocycles. The third kappa shape index (κ3) is 6.00. The average Bonchev–Trinajstić information content (AvgIpc) is 3.16. The van der Waals surface area contributed by atoms with Crippen molar-refractivity contribution >= 4 is 39.7 Å². The molecule has 0 atom stereocenters. The molecule has 4 aromatic rings. The molecular weight excluding hydrogens is 496 g/mol. The van der Waals surface area contributed by atoms with Gasteiger partial charge in [-0.05, 0) is 74.0 Å². The molecule has 1 aromatic heterocycles. The van der Waals surface area contributed by atoms with Gasteiger partial charge in [-0.1, -0.05) is 65.7 Å². The molecule has 0 saturated heterocycles. The fraction of sp³-hybridized carbons (Fsp3) is 0.0714. The SMILES string of the molecule is Cc1ccc(S(=O)(=O)Oc2ccc(/C=C/C(=O)/C=C/c3c(C)nn(-c4ccccc4)c3Cl)cc2)cc1. The maximum Gasteiger partial charge on any atom is 0.339 e. The molecule has 3 aromatic carbocycles. The molecule has 0 spiro atoms. The highest BCUT2D eigenvalue weighted by atomic mass is 35.5. The first-order chi connectivity index (χ1) is 17.2. The molecule has 36 heavy (non-hydrogen) atoms. The van der Waals surface area contributed by atoms with Crippen molar-refractivity contribution in [2.75, 3.05) is 0 Å². The second kappa shape index (κ2) is 10.8. The number of nitrogens with zero attached hydrogens (tertiary/aromatic N) is 2. The van der Waals surface area contributed by atoms with Crippen LogP contribution in [0, 0.1) is 13.8 Å². The Morgan fingerprint density at radius 2 is 1.53 bits per heavy atom. The third-order valence-corrected chi connectivity index (χ3v) is 6.92. The van der Waals surface area contributed by atoms with E-state index in [2.05, 4.69) is 5.10 Å². The van der Waals surface area contributed by atoms with Gasteiger partial charge in [0.15, 0.2) is 5.78 Å². The molecular formula is C28H23ClN2O4S. The molecule has 1 heterocycles. The molecule has 182 valence electrons. The summed E-state index contributed by atoms with van der Waals surface area (Å²) in [6, 6.07) is 22.3. The minimum Gasteiger partial charge on any atom is -0.379 e. The monoisotopic (exact) mass is 518 g/mol. The summed E-state index contributed by atoms with van der Waals surface area (Å²) in [6.07, 6.45) is 6.12. The van der Waals surface area contributed by atoms with E-state index in [1.54, 1.807) is 41.1 Å². The van der Waals surface area contributed by atoms with Crippen LogP contribution < -0.4 is 4.18 Å². The van der Waals surface area contributed by atoms with Crippen molar-refractivity contribution in [3.63, 3.8) is 0 Å². The fourth-order valence-electron chi connectivity index (χ4n) is 3.35. The molecule has 6 nitrogen and oxygen atoms in total. The summed E-state index contributed by atoms with van der Waals surface area (Å²) in [4.78, 5) is 12.5. The summed E-state index contributed by atoms with van der Waals surface area (Å²) in [7, 11) is -3.92. The van der Waals surface area contributed by atoms with Crippen LogP contribution in [0.15, 0.2) is 95.9 Å². The third-order valence-electron chi connectivity index (χ3n) is 5.30. The molecule has 0 radical (unpaired) electrons. The summed E-state index contributed by atoms with van der Waals surface area (Å²) in [5.41, 5.74) is 3.86. The molecule has 0 unspecified atom stereocenters. The van der Waals surface area contributed by atoms with Gasteiger partial charge in [-0.2, -0.15) is 13.5 Å². The fourth-order valence-corrected chi connectivity index (χ4v) is 4.62. The summed E-state index contributed by atoms with van der Waals surface area (Å²) >= 11 is 6.49. The Kier molecular flexibility index (Phi) is 7.52. The van der Waals surface area contributed by atoms with E-state index in [0.717, 1.165) is 11.3 Å². The number of allylic oxidation sites excluding steroid dienone is 2. The van der Waals surface area contributed by atoms with Gasteiger partial charge in [-0.3, -0.25) is 4.79 Å². The maximum atomic E-state index is 12.4. The standard InChI is InChI=1S/C28H23ClN2O4S/c1-20-8-17-26(18-9-20)36(33,34)35-25-15-11-22(12-16-25)10-13-24(32)14-19-27-21(2)30-31(28(27)29)23-6-4-3-5-7-23/h3-19H,1-2H3/b13-10+,19-14+. The van der Waals surface area contributed by atoms with E-state index in [1.165, 1.54) is 36.4 Å². The highest BCUT2D eigenvalue weighted by molar-refractivity contribution is 7.87. The van der Waals surface area contributed by atoms with Crippen LogP contribution in [-0.4, -0.2) is 24.0 Å². The number of hydrogen-bond acceptors (Lipinski definition) is 5. The second-order valence-corrected chi connectivity index (χ2v) is 9.93. The predicted molar refractivity (Wildman–Crippen MR) is 142 cm³/mol. The number of carbonyl (C=O) groups is 1. The predicted octanol–water partition coefficient (Wildman–Crippen LogP) is 6.21. The highest BCUT2D eigenvalue weighted by Crippen LogP contribution is 2.25. The van der Waals surface area contributed by atoms with Gasteiger partial charge in [0.2, 0.25) is 0 Å².